The zero-order chi connectivity index (χ0) is 20.2. The molecule has 1 aromatic carbocycles. The number of ether oxygens (including phenoxy) is 3. The number of hydrazine groups is 1. The molecular formula is C20H20N2O6S. The van der Waals surface area contributed by atoms with E-state index in [4.69, 9.17) is 14.2 Å². The van der Waals surface area contributed by atoms with Gasteiger partial charge in [-0.2, -0.15) is 0 Å². The standard InChI is InChI=1S/C20H20N2O6S/c23-18(11-27-20(25)17-9-12-5-1-4-8-16(12)29-17)21-22-19(24)15-10-26-13-6-2-3-7-14(13)28-15/h2-3,6-7,9,15H,1,4-5,8,10-11H2,(H,21,23)(H,22,24)/t15-/m1/s1. The van der Waals surface area contributed by atoms with Crippen molar-refractivity contribution in [1.29, 1.82) is 0 Å². The molecule has 0 unspecified atom stereocenters. The minimum atomic E-state index is -0.898. The van der Waals surface area contributed by atoms with E-state index in [0.29, 0.717) is 16.4 Å². The summed E-state index contributed by atoms with van der Waals surface area (Å²) in [5.74, 6) is -0.734. The number of benzene rings is 1. The Bertz CT molecular complexity index is 917. The molecule has 0 radical (unpaired) electrons. The summed E-state index contributed by atoms with van der Waals surface area (Å²) in [6.45, 7) is -0.469. The van der Waals surface area contributed by atoms with E-state index in [1.165, 1.54) is 21.8 Å². The van der Waals surface area contributed by atoms with Crippen molar-refractivity contribution in [2.75, 3.05) is 13.2 Å². The van der Waals surface area contributed by atoms with Crippen LogP contribution in [0.25, 0.3) is 0 Å². The van der Waals surface area contributed by atoms with E-state index in [9.17, 15) is 14.4 Å². The Labute approximate surface area is 171 Å². The van der Waals surface area contributed by atoms with Gasteiger partial charge in [0.1, 0.15) is 11.5 Å². The minimum absolute atomic E-state index is 0.0246. The van der Waals surface area contributed by atoms with Gasteiger partial charge >= 0.3 is 5.97 Å². The summed E-state index contributed by atoms with van der Waals surface area (Å²) in [6, 6.07) is 8.84. The Balaban J connectivity index is 1.21. The fraction of sp³-hybridized carbons (Fsp3) is 0.350. The molecular weight excluding hydrogens is 396 g/mol. The summed E-state index contributed by atoms with van der Waals surface area (Å²) >= 11 is 1.42. The molecule has 2 aromatic rings. The van der Waals surface area contributed by atoms with Gasteiger partial charge in [-0.3, -0.25) is 20.4 Å². The molecule has 2 heterocycles. The lowest BCUT2D eigenvalue weighted by Gasteiger charge is -2.25. The van der Waals surface area contributed by atoms with Crippen LogP contribution in [0.1, 0.15) is 33.0 Å². The van der Waals surface area contributed by atoms with E-state index in [0.717, 1.165) is 25.7 Å². The molecule has 2 N–H and O–H groups in total. The normalized spacial score (nSPS) is 17.0. The molecule has 0 saturated carbocycles. The Morgan fingerprint density at radius 2 is 1.90 bits per heavy atom. The molecule has 1 aromatic heterocycles. The van der Waals surface area contributed by atoms with Crippen LogP contribution >= 0.6 is 11.3 Å². The third-order valence-electron chi connectivity index (χ3n) is 4.66. The first kappa shape index (κ1) is 19.3. The number of esters is 1. The van der Waals surface area contributed by atoms with E-state index < -0.39 is 30.5 Å². The number of rotatable bonds is 4. The Morgan fingerprint density at radius 1 is 1.10 bits per heavy atom. The highest BCUT2D eigenvalue weighted by Crippen LogP contribution is 2.31. The van der Waals surface area contributed by atoms with E-state index in [1.807, 2.05) is 6.07 Å². The summed E-state index contributed by atoms with van der Waals surface area (Å²) in [5, 5.41) is 0. The zero-order valence-corrected chi connectivity index (χ0v) is 16.4. The highest BCUT2D eigenvalue weighted by Gasteiger charge is 2.27. The molecule has 9 heteroatoms. The number of hydrogen-bond acceptors (Lipinski definition) is 7. The highest BCUT2D eigenvalue weighted by molar-refractivity contribution is 7.14. The van der Waals surface area contributed by atoms with Crippen LogP contribution in [0, 0.1) is 0 Å². The van der Waals surface area contributed by atoms with Crippen LogP contribution in [-0.2, 0) is 27.2 Å². The van der Waals surface area contributed by atoms with Gasteiger partial charge in [0, 0.05) is 4.88 Å². The van der Waals surface area contributed by atoms with E-state index >= 15 is 0 Å². The van der Waals surface area contributed by atoms with Crippen molar-refractivity contribution in [3.63, 3.8) is 0 Å². The van der Waals surface area contributed by atoms with Crippen LogP contribution in [0.5, 0.6) is 11.5 Å². The molecule has 2 amide bonds. The smallest absolute Gasteiger partial charge is 0.348 e. The molecule has 0 spiro atoms. The van der Waals surface area contributed by atoms with Crippen molar-refractivity contribution in [1.82, 2.24) is 10.9 Å². The van der Waals surface area contributed by atoms with E-state index in [2.05, 4.69) is 10.9 Å². The van der Waals surface area contributed by atoms with Gasteiger partial charge in [-0.05, 0) is 49.4 Å². The molecule has 1 atom stereocenters. The predicted molar refractivity (Wildman–Crippen MR) is 104 cm³/mol. The van der Waals surface area contributed by atoms with Gasteiger partial charge in [0.2, 0.25) is 6.10 Å². The monoisotopic (exact) mass is 416 g/mol. The maximum atomic E-state index is 12.2. The van der Waals surface area contributed by atoms with Crippen molar-refractivity contribution >= 4 is 29.1 Å². The summed E-state index contributed by atoms with van der Waals surface area (Å²) in [7, 11) is 0. The van der Waals surface area contributed by atoms with Crippen molar-refractivity contribution < 1.29 is 28.6 Å². The van der Waals surface area contributed by atoms with Gasteiger partial charge in [-0.25, -0.2) is 4.79 Å². The third-order valence-corrected chi connectivity index (χ3v) is 5.88. The van der Waals surface area contributed by atoms with Gasteiger partial charge in [0.05, 0.1) is 0 Å². The summed E-state index contributed by atoms with van der Waals surface area (Å²) in [6.07, 6.45) is 3.32. The van der Waals surface area contributed by atoms with Gasteiger partial charge in [0.15, 0.2) is 18.1 Å². The van der Waals surface area contributed by atoms with Crippen LogP contribution in [0.3, 0.4) is 0 Å². The first-order valence-corrected chi connectivity index (χ1v) is 10.2. The number of aryl methyl sites for hydroxylation is 2. The molecule has 152 valence electrons. The minimum Gasteiger partial charge on any atom is -0.485 e. The maximum absolute atomic E-state index is 12.2. The van der Waals surface area contributed by atoms with Gasteiger partial charge in [-0.15, -0.1) is 11.3 Å². The molecule has 0 fully saturated rings. The van der Waals surface area contributed by atoms with Gasteiger partial charge in [0.25, 0.3) is 11.8 Å². The lowest BCUT2D eigenvalue weighted by molar-refractivity contribution is -0.135. The average molecular weight is 416 g/mol. The molecule has 8 nitrogen and oxygen atoms in total. The molecule has 4 rings (SSSR count). The number of hydrogen-bond donors (Lipinski definition) is 2. The molecule has 0 saturated heterocycles. The highest BCUT2D eigenvalue weighted by atomic mass is 32.1. The molecule has 1 aliphatic heterocycles. The Hall–Kier alpha value is -3.07. The molecule has 29 heavy (non-hydrogen) atoms. The lowest BCUT2D eigenvalue weighted by Crippen LogP contribution is -2.51. The number of carbonyl (C=O) groups excluding carboxylic acids is 3. The van der Waals surface area contributed by atoms with Crippen LogP contribution in [0.4, 0.5) is 0 Å². The number of nitrogens with one attached hydrogen (secondary N) is 2. The average Bonchev–Trinajstić information content (AvgIpc) is 3.20. The Morgan fingerprint density at radius 3 is 2.72 bits per heavy atom. The quantitative estimate of drug-likeness (QED) is 0.582. The SMILES string of the molecule is O=C(COC(=O)c1cc2c(s1)CCCC2)NNC(=O)[C@H]1COc2ccccc2O1. The molecule has 1 aliphatic carbocycles. The van der Waals surface area contributed by atoms with E-state index in [1.54, 1.807) is 24.3 Å². The van der Waals surface area contributed by atoms with Gasteiger partial charge in [-0.1, -0.05) is 12.1 Å². The first-order valence-electron chi connectivity index (χ1n) is 9.36. The Kier molecular flexibility index (Phi) is 5.66. The lowest BCUT2D eigenvalue weighted by atomic mass is 9.99. The maximum Gasteiger partial charge on any atom is 0.348 e. The second-order valence-corrected chi connectivity index (χ2v) is 7.88. The number of amides is 2. The van der Waals surface area contributed by atoms with Crippen LogP contribution < -0.4 is 20.3 Å². The second-order valence-electron chi connectivity index (χ2n) is 6.74. The topological polar surface area (TPSA) is 103 Å². The largest absolute Gasteiger partial charge is 0.485 e. The van der Waals surface area contributed by atoms with Crippen molar-refractivity contribution in [3.8, 4) is 11.5 Å². The summed E-state index contributed by atoms with van der Waals surface area (Å²) < 4.78 is 16.1. The van der Waals surface area contributed by atoms with Crippen LogP contribution in [0.2, 0.25) is 0 Å². The number of carbonyl (C=O) groups is 3. The fourth-order valence-corrected chi connectivity index (χ4v) is 4.34. The summed E-state index contributed by atoms with van der Waals surface area (Å²) in [4.78, 5) is 37.9. The van der Waals surface area contributed by atoms with Crippen molar-refractivity contribution in [3.05, 3.63) is 45.6 Å². The van der Waals surface area contributed by atoms with Crippen LogP contribution in [0.15, 0.2) is 30.3 Å². The zero-order valence-electron chi connectivity index (χ0n) is 15.6. The van der Waals surface area contributed by atoms with Crippen molar-refractivity contribution in [2.45, 2.75) is 31.8 Å². The number of para-hydroxylation sites is 2. The molecule has 0 bridgehead atoms. The third kappa shape index (κ3) is 4.51. The van der Waals surface area contributed by atoms with Crippen LogP contribution in [-0.4, -0.2) is 37.1 Å². The van der Waals surface area contributed by atoms with Crippen molar-refractivity contribution in [2.24, 2.45) is 0 Å². The molecule has 2 aliphatic rings. The predicted octanol–water partition coefficient (Wildman–Crippen LogP) is 1.77. The van der Waals surface area contributed by atoms with E-state index in [-0.39, 0.29) is 6.61 Å². The first-order chi connectivity index (χ1) is 14.1. The van der Waals surface area contributed by atoms with Gasteiger partial charge < -0.3 is 14.2 Å². The summed E-state index contributed by atoms with van der Waals surface area (Å²) in [5.41, 5.74) is 5.66. The number of fused-ring (bicyclic) bond motifs is 2. The second kappa shape index (κ2) is 8.52. The number of thiophene rings is 1. The fourth-order valence-electron chi connectivity index (χ4n) is 3.19.